The van der Waals surface area contributed by atoms with Crippen molar-refractivity contribution in [3.63, 3.8) is 0 Å². The molecule has 0 aromatic heterocycles. The average molecular weight is 156 g/mol. The molecule has 0 aliphatic heterocycles. The van der Waals surface area contributed by atoms with E-state index in [0.29, 0.717) is 5.92 Å². The van der Waals surface area contributed by atoms with E-state index in [4.69, 9.17) is 4.74 Å². The summed E-state index contributed by atoms with van der Waals surface area (Å²) in [7, 11) is 1.62. The quantitative estimate of drug-likeness (QED) is 0.582. The van der Waals surface area contributed by atoms with Crippen LogP contribution in [0.5, 0.6) is 0 Å². The smallest absolute Gasteiger partial charge is 0.149 e. The van der Waals surface area contributed by atoms with Gasteiger partial charge in [-0.25, -0.2) is 0 Å². The zero-order chi connectivity index (χ0) is 8.10. The van der Waals surface area contributed by atoms with Gasteiger partial charge in [0.25, 0.3) is 0 Å². The number of methoxy groups -OCH3 is 1. The van der Waals surface area contributed by atoms with Crippen LogP contribution in [0.2, 0.25) is 0 Å². The lowest BCUT2D eigenvalue weighted by Crippen LogP contribution is -2.26. The highest BCUT2D eigenvalue weighted by Crippen LogP contribution is 2.26. The summed E-state index contributed by atoms with van der Waals surface area (Å²) >= 11 is 0. The van der Waals surface area contributed by atoms with E-state index in [1.54, 1.807) is 7.11 Å². The highest BCUT2D eigenvalue weighted by atomic mass is 16.5. The van der Waals surface area contributed by atoms with Crippen LogP contribution < -0.4 is 0 Å². The Bertz CT molecular complexity index is 117. The van der Waals surface area contributed by atoms with Gasteiger partial charge in [-0.15, -0.1) is 0 Å². The van der Waals surface area contributed by atoms with Crippen molar-refractivity contribution < 1.29 is 9.53 Å². The molecule has 0 radical (unpaired) electrons. The Kier molecular flexibility index (Phi) is 3.57. The first kappa shape index (κ1) is 8.72. The lowest BCUT2D eigenvalue weighted by molar-refractivity contribution is -0.120. The number of carbonyl (C=O) groups excluding carboxylic acids is 1. The summed E-state index contributed by atoms with van der Waals surface area (Å²) in [5, 5.41) is 0. The number of ether oxygens (including phenoxy) is 1. The Morgan fingerprint density at radius 2 is 2.00 bits per heavy atom. The molecule has 2 nitrogen and oxygen atoms in total. The number of hydrogen-bond acceptors (Lipinski definition) is 2. The minimum Gasteiger partial charge on any atom is -0.374 e. The molecule has 1 fully saturated rings. The van der Waals surface area contributed by atoms with Crippen LogP contribution in [0, 0.1) is 5.92 Å². The van der Waals surface area contributed by atoms with Crippen LogP contribution >= 0.6 is 0 Å². The molecule has 11 heavy (non-hydrogen) atoms. The molecule has 0 saturated heterocycles. The summed E-state index contributed by atoms with van der Waals surface area (Å²) < 4.78 is 5.07. The molecule has 64 valence electrons. The van der Waals surface area contributed by atoms with Crippen molar-refractivity contribution in [1.29, 1.82) is 0 Å². The summed E-state index contributed by atoms with van der Waals surface area (Å²) in [6, 6.07) is 0. The maximum Gasteiger partial charge on any atom is 0.149 e. The third-order valence-electron chi connectivity index (χ3n) is 2.52. The average Bonchev–Trinajstić information content (AvgIpc) is 2.09. The van der Waals surface area contributed by atoms with Gasteiger partial charge in [0.1, 0.15) is 12.4 Å². The van der Waals surface area contributed by atoms with Gasteiger partial charge in [0.2, 0.25) is 0 Å². The molecule has 1 rings (SSSR count). The Hall–Kier alpha value is -0.370. The number of aldehydes is 1. The van der Waals surface area contributed by atoms with E-state index in [1.165, 1.54) is 19.3 Å². The lowest BCUT2D eigenvalue weighted by atomic mass is 9.86. The van der Waals surface area contributed by atoms with E-state index in [-0.39, 0.29) is 6.10 Å². The maximum absolute atomic E-state index is 10.5. The zero-order valence-corrected chi connectivity index (χ0v) is 7.08. The van der Waals surface area contributed by atoms with Crippen molar-refractivity contribution in [3.05, 3.63) is 0 Å². The molecule has 1 saturated carbocycles. The maximum atomic E-state index is 10.5. The fourth-order valence-electron chi connectivity index (χ4n) is 1.82. The van der Waals surface area contributed by atoms with E-state index >= 15 is 0 Å². The molecule has 0 spiro atoms. The minimum absolute atomic E-state index is 0.143. The van der Waals surface area contributed by atoms with Crippen molar-refractivity contribution >= 4 is 6.29 Å². The molecule has 0 heterocycles. The molecular formula is C9H16O2. The van der Waals surface area contributed by atoms with Gasteiger partial charge < -0.3 is 9.53 Å². The molecule has 1 atom stereocenters. The molecule has 0 aromatic rings. The summed E-state index contributed by atoms with van der Waals surface area (Å²) in [5.41, 5.74) is 0. The van der Waals surface area contributed by atoms with Gasteiger partial charge in [-0.05, 0) is 18.8 Å². The first-order chi connectivity index (χ1) is 5.38. The number of hydrogen-bond donors (Lipinski definition) is 0. The molecule has 1 aliphatic carbocycles. The molecule has 0 amide bonds. The van der Waals surface area contributed by atoms with Gasteiger partial charge in [-0.1, -0.05) is 19.3 Å². The van der Waals surface area contributed by atoms with Gasteiger partial charge in [-0.2, -0.15) is 0 Å². The van der Waals surface area contributed by atoms with Crippen LogP contribution in [0.1, 0.15) is 32.1 Å². The SMILES string of the molecule is CO[C@@H](C=O)C1CCCCC1. The second-order valence-electron chi connectivity index (χ2n) is 3.23. The van der Waals surface area contributed by atoms with Crippen molar-refractivity contribution in [2.45, 2.75) is 38.2 Å². The Balaban J connectivity index is 2.35. The molecule has 0 N–H and O–H groups in total. The molecule has 2 heteroatoms. The summed E-state index contributed by atoms with van der Waals surface area (Å²) in [6.45, 7) is 0. The van der Waals surface area contributed by atoms with Crippen LogP contribution in [0.25, 0.3) is 0 Å². The first-order valence-corrected chi connectivity index (χ1v) is 4.36. The van der Waals surface area contributed by atoms with Crippen molar-refractivity contribution in [2.24, 2.45) is 5.92 Å². The third-order valence-corrected chi connectivity index (χ3v) is 2.52. The van der Waals surface area contributed by atoms with Crippen LogP contribution in [-0.4, -0.2) is 19.5 Å². The Labute approximate surface area is 67.9 Å². The van der Waals surface area contributed by atoms with Crippen molar-refractivity contribution in [3.8, 4) is 0 Å². The second kappa shape index (κ2) is 4.50. The van der Waals surface area contributed by atoms with E-state index in [9.17, 15) is 4.79 Å². The lowest BCUT2D eigenvalue weighted by Gasteiger charge is -2.25. The van der Waals surface area contributed by atoms with E-state index in [1.807, 2.05) is 0 Å². The fourth-order valence-corrected chi connectivity index (χ4v) is 1.82. The Morgan fingerprint density at radius 1 is 1.36 bits per heavy atom. The predicted octanol–water partition coefficient (Wildman–Crippen LogP) is 1.78. The van der Waals surface area contributed by atoms with Crippen LogP contribution in [0.4, 0.5) is 0 Å². The minimum atomic E-state index is -0.143. The largest absolute Gasteiger partial charge is 0.374 e. The monoisotopic (exact) mass is 156 g/mol. The van der Waals surface area contributed by atoms with E-state index in [0.717, 1.165) is 19.1 Å². The van der Waals surface area contributed by atoms with Gasteiger partial charge in [-0.3, -0.25) is 0 Å². The summed E-state index contributed by atoms with van der Waals surface area (Å²) in [6.07, 6.45) is 6.97. The van der Waals surface area contributed by atoms with E-state index in [2.05, 4.69) is 0 Å². The summed E-state index contributed by atoms with van der Waals surface area (Å²) in [5.74, 6) is 0.492. The predicted molar refractivity (Wildman–Crippen MR) is 43.4 cm³/mol. The standard InChI is InChI=1S/C9H16O2/c1-11-9(7-10)8-5-3-2-4-6-8/h7-9H,2-6H2,1H3/t9-/m0/s1. The normalized spacial score (nSPS) is 23.0. The van der Waals surface area contributed by atoms with Crippen molar-refractivity contribution in [1.82, 2.24) is 0 Å². The van der Waals surface area contributed by atoms with Crippen LogP contribution in [0.3, 0.4) is 0 Å². The van der Waals surface area contributed by atoms with Gasteiger partial charge >= 0.3 is 0 Å². The van der Waals surface area contributed by atoms with Crippen LogP contribution in [0.15, 0.2) is 0 Å². The summed E-state index contributed by atoms with van der Waals surface area (Å²) in [4.78, 5) is 10.5. The first-order valence-electron chi connectivity index (χ1n) is 4.36. The highest BCUT2D eigenvalue weighted by molar-refractivity contribution is 5.56. The Morgan fingerprint density at radius 3 is 2.45 bits per heavy atom. The molecular weight excluding hydrogens is 140 g/mol. The zero-order valence-electron chi connectivity index (χ0n) is 7.08. The van der Waals surface area contributed by atoms with Crippen molar-refractivity contribution in [2.75, 3.05) is 7.11 Å². The topological polar surface area (TPSA) is 26.3 Å². The number of carbonyl (C=O) groups is 1. The van der Waals surface area contributed by atoms with Gasteiger partial charge in [0.05, 0.1) is 0 Å². The van der Waals surface area contributed by atoms with E-state index < -0.39 is 0 Å². The molecule has 0 aromatic carbocycles. The number of rotatable bonds is 3. The molecule has 0 bridgehead atoms. The van der Waals surface area contributed by atoms with Gasteiger partial charge in [0.15, 0.2) is 0 Å². The molecule has 0 unspecified atom stereocenters. The van der Waals surface area contributed by atoms with Gasteiger partial charge in [0, 0.05) is 7.11 Å². The third kappa shape index (κ3) is 2.29. The van der Waals surface area contributed by atoms with Crippen LogP contribution in [-0.2, 0) is 9.53 Å². The second-order valence-corrected chi connectivity index (χ2v) is 3.23. The fraction of sp³-hybridized carbons (Fsp3) is 0.889. The molecule has 1 aliphatic rings. The highest BCUT2D eigenvalue weighted by Gasteiger charge is 2.22.